The lowest BCUT2D eigenvalue weighted by Crippen LogP contribution is -2.25. The number of thiophene rings is 1. The minimum absolute atomic E-state index is 0.0147. The van der Waals surface area contributed by atoms with E-state index < -0.39 is 0 Å². The Balaban J connectivity index is 1.65. The minimum Gasteiger partial charge on any atom is -0.493 e. The lowest BCUT2D eigenvalue weighted by Gasteiger charge is -2.10. The fourth-order valence-electron chi connectivity index (χ4n) is 2.83. The second-order valence-corrected chi connectivity index (χ2v) is 6.80. The quantitative estimate of drug-likeness (QED) is 0.721. The van der Waals surface area contributed by atoms with Crippen LogP contribution in [0.5, 0.6) is 11.5 Å². The number of ether oxygens (including phenoxy) is 2. The van der Waals surface area contributed by atoms with Crippen molar-refractivity contribution in [2.75, 3.05) is 20.8 Å². The van der Waals surface area contributed by atoms with Gasteiger partial charge in [0.15, 0.2) is 11.5 Å². The molecule has 130 valence electrons. The highest BCUT2D eigenvalue weighted by Crippen LogP contribution is 2.30. The molecule has 3 rings (SSSR count). The molecule has 0 atom stereocenters. The van der Waals surface area contributed by atoms with E-state index in [2.05, 4.69) is 11.4 Å². The zero-order valence-corrected chi connectivity index (χ0v) is 15.4. The lowest BCUT2D eigenvalue weighted by molar-refractivity contribution is 0.0957. The van der Waals surface area contributed by atoms with Crippen LogP contribution in [0.3, 0.4) is 0 Å². The highest BCUT2D eigenvalue weighted by atomic mass is 32.1. The molecule has 0 unspecified atom stereocenters. The van der Waals surface area contributed by atoms with Gasteiger partial charge < -0.3 is 14.8 Å². The van der Waals surface area contributed by atoms with Gasteiger partial charge in [-0.25, -0.2) is 0 Å². The van der Waals surface area contributed by atoms with Crippen molar-refractivity contribution in [3.8, 4) is 11.5 Å². The summed E-state index contributed by atoms with van der Waals surface area (Å²) in [6.07, 6.45) is 0.732. The number of carbonyl (C=O) groups is 1. The summed E-state index contributed by atoms with van der Waals surface area (Å²) in [5, 5.41) is 4.17. The zero-order valence-electron chi connectivity index (χ0n) is 14.6. The number of fused-ring (bicyclic) bond motifs is 1. The predicted molar refractivity (Wildman–Crippen MR) is 102 cm³/mol. The van der Waals surface area contributed by atoms with Gasteiger partial charge in [0.2, 0.25) is 0 Å². The Morgan fingerprint density at radius 1 is 1.08 bits per heavy atom. The molecule has 1 amide bonds. The van der Waals surface area contributed by atoms with Gasteiger partial charge >= 0.3 is 0 Å². The maximum Gasteiger partial charge on any atom is 0.261 e. The van der Waals surface area contributed by atoms with Crippen molar-refractivity contribution in [2.45, 2.75) is 13.3 Å². The van der Waals surface area contributed by atoms with Crippen LogP contribution in [-0.4, -0.2) is 26.7 Å². The molecule has 2 aromatic carbocycles. The molecule has 0 spiro atoms. The van der Waals surface area contributed by atoms with E-state index in [-0.39, 0.29) is 5.91 Å². The molecule has 0 aliphatic heterocycles. The van der Waals surface area contributed by atoms with E-state index in [0.717, 1.165) is 32.5 Å². The number of benzene rings is 2. The van der Waals surface area contributed by atoms with Crippen molar-refractivity contribution in [3.05, 3.63) is 58.5 Å². The Kier molecular flexibility index (Phi) is 5.24. The summed E-state index contributed by atoms with van der Waals surface area (Å²) in [4.78, 5) is 13.3. The number of nitrogens with one attached hydrogen (secondary N) is 1. The first-order chi connectivity index (χ1) is 12.1. The number of hydrogen-bond acceptors (Lipinski definition) is 4. The van der Waals surface area contributed by atoms with E-state index in [9.17, 15) is 4.79 Å². The van der Waals surface area contributed by atoms with Gasteiger partial charge in [-0.2, -0.15) is 0 Å². The highest BCUT2D eigenvalue weighted by molar-refractivity contribution is 7.21. The van der Waals surface area contributed by atoms with Gasteiger partial charge in [0.05, 0.1) is 19.1 Å². The van der Waals surface area contributed by atoms with Gasteiger partial charge in [0.25, 0.3) is 5.91 Å². The van der Waals surface area contributed by atoms with Gasteiger partial charge in [-0.1, -0.05) is 24.3 Å². The molecule has 0 aliphatic rings. The molecule has 0 saturated heterocycles. The number of methoxy groups -OCH3 is 2. The Bertz CT molecular complexity index is 901. The maximum absolute atomic E-state index is 12.5. The Morgan fingerprint density at radius 2 is 1.84 bits per heavy atom. The van der Waals surface area contributed by atoms with Gasteiger partial charge in [0.1, 0.15) is 0 Å². The van der Waals surface area contributed by atoms with Crippen LogP contribution in [0.1, 0.15) is 20.8 Å². The largest absolute Gasteiger partial charge is 0.493 e. The standard InChI is InChI=1S/C20H21NO3S/c1-13-15-6-4-5-7-18(15)25-19(13)20(22)21-11-10-14-8-9-16(23-2)17(12-14)24-3/h4-9,12H,10-11H2,1-3H3,(H,21,22). The van der Waals surface area contributed by atoms with Gasteiger partial charge in [-0.05, 0) is 48.1 Å². The van der Waals surface area contributed by atoms with Crippen molar-refractivity contribution in [2.24, 2.45) is 0 Å². The van der Waals surface area contributed by atoms with E-state index in [1.165, 1.54) is 0 Å². The first kappa shape index (κ1) is 17.3. The van der Waals surface area contributed by atoms with E-state index >= 15 is 0 Å². The van der Waals surface area contributed by atoms with Crippen LogP contribution in [0.4, 0.5) is 0 Å². The first-order valence-electron chi connectivity index (χ1n) is 8.11. The third-order valence-electron chi connectivity index (χ3n) is 4.20. The van der Waals surface area contributed by atoms with Crippen LogP contribution >= 0.6 is 11.3 Å². The van der Waals surface area contributed by atoms with Crippen molar-refractivity contribution in [1.29, 1.82) is 0 Å². The van der Waals surface area contributed by atoms with E-state index in [4.69, 9.17) is 9.47 Å². The number of hydrogen-bond donors (Lipinski definition) is 1. The molecular formula is C20H21NO3S. The van der Waals surface area contributed by atoms with Gasteiger partial charge in [-0.3, -0.25) is 4.79 Å². The van der Waals surface area contributed by atoms with Crippen LogP contribution in [0.25, 0.3) is 10.1 Å². The van der Waals surface area contributed by atoms with Gasteiger partial charge in [0, 0.05) is 11.2 Å². The summed E-state index contributed by atoms with van der Waals surface area (Å²) in [6.45, 7) is 2.57. The summed E-state index contributed by atoms with van der Waals surface area (Å²) in [5.74, 6) is 1.39. The molecule has 3 aromatic rings. The fourth-order valence-corrected chi connectivity index (χ4v) is 3.95. The molecule has 5 heteroatoms. The summed E-state index contributed by atoms with van der Waals surface area (Å²) >= 11 is 1.54. The molecule has 0 saturated carbocycles. The number of aryl methyl sites for hydroxylation is 1. The summed E-state index contributed by atoms with van der Waals surface area (Å²) in [5.41, 5.74) is 2.13. The molecule has 0 fully saturated rings. The van der Waals surface area contributed by atoms with E-state index in [1.807, 2.05) is 43.3 Å². The third kappa shape index (κ3) is 3.61. The molecule has 1 aromatic heterocycles. The predicted octanol–water partition coefficient (Wildman–Crippen LogP) is 4.20. The van der Waals surface area contributed by atoms with Crippen LogP contribution in [0, 0.1) is 6.92 Å². The summed E-state index contributed by atoms with van der Waals surface area (Å²) < 4.78 is 11.7. The molecule has 0 radical (unpaired) electrons. The molecule has 1 N–H and O–H groups in total. The summed E-state index contributed by atoms with van der Waals surface area (Å²) in [7, 11) is 3.23. The summed E-state index contributed by atoms with van der Waals surface area (Å²) in [6, 6.07) is 13.9. The SMILES string of the molecule is COc1ccc(CCNC(=O)c2sc3ccccc3c2C)cc1OC. The Hall–Kier alpha value is -2.53. The topological polar surface area (TPSA) is 47.6 Å². The molecular weight excluding hydrogens is 334 g/mol. The Morgan fingerprint density at radius 3 is 2.56 bits per heavy atom. The van der Waals surface area contributed by atoms with Crippen LogP contribution in [-0.2, 0) is 6.42 Å². The van der Waals surface area contributed by atoms with E-state index in [1.54, 1.807) is 25.6 Å². The first-order valence-corrected chi connectivity index (χ1v) is 8.93. The van der Waals surface area contributed by atoms with Crippen LogP contribution in [0.2, 0.25) is 0 Å². The smallest absolute Gasteiger partial charge is 0.261 e. The highest BCUT2D eigenvalue weighted by Gasteiger charge is 2.14. The number of carbonyl (C=O) groups excluding carboxylic acids is 1. The molecule has 25 heavy (non-hydrogen) atoms. The number of amides is 1. The van der Waals surface area contributed by atoms with Crippen molar-refractivity contribution >= 4 is 27.3 Å². The van der Waals surface area contributed by atoms with Crippen LogP contribution < -0.4 is 14.8 Å². The second kappa shape index (κ2) is 7.57. The van der Waals surface area contributed by atoms with Crippen LogP contribution in [0.15, 0.2) is 42.5 Å². The van der Waals surface area contributed by atoms with Gasteiger partial charge in [-0.15, -0.1) is 11.3 Å². The molecule has 4 nitrogen and oxygen atoms in total. The van der Waals surface area contributed by atoms with Crippen molar-refractivity contribution < 1.29 is 14.3 Å². The average Bonchev–Trinajstić information content (AvgIpc) is 2.98. The van der Waals surface area contributed by atoms with Crippen molar-refractivity contribution in [3.63, 3.8) is 0 Å². The number of rotatable bonds is 6. The lowest BCUT2D eigenvalue weighted by atomic mass is 10.1. The third-order valence-corrected chi connectivity index (χ3v) is 5.47. The zero-order chi connectivity index (χ0) is 17.8. The maximum atomic E-state index is 12.5. The average molecular weight is 355 g/mol. The molecule has 0 bridgehead atoms. The molecule has 1 heterocycles. The monoisotopic (exact) mass is 355 g/mol. The van der Waals surface area contributed by atoms with E-state index in [0.29, 0.717) is 18.0 Å². The molecule has 0 aliphatic carbocycles. The minimum atomic E-state index is -0.0147. The van der Waals surface area contributed by atoms with Crippen molar-refractivity contribution in [1.82, 2.24) is 5.32 Å². The fraction of sp³-hybridized carbons (Fsp3) is 0.250. The second-order valence-electron chi connectivity index (χ2n) is 5.75. The normalized spacial score (nSPS) is 10.7. The Labute approximate surface area is 151 Å².